The minimum atomic E-state index is -4.52. The van der Waals surface area contributed by atoms with Crippen molar-refractivity contribution in [2.75, 3.05) is 12.3 Å². The second-order valence-electron chi connectivity index (χ2n) is 5.27. The standard InChI is InChI=1S/C10H11N8O6P.Na/c11-7-4-8(14-2-13-7)18(10(15-4)16-17-12)9-5(19)6-3(23-9)1-22-25(20,21)24-6;/h2-3,5-6,9,19H,1H2,(H,20,21)(H2,11,13,14);/q;+1/p-1/t3-,5-,6-,9-;/m1./s1. The van der Waals surface area contributed by atoms with E-state index in [0.29, 0.717) is 0 Å². The number of hydrogen-bond donors (Lipinski definition) is 2. The molecule has 0 saturated carbocycles. The molecular weight excluding hydrogens is 382 g/mol. The van der Waals surface area contributed by atoms with Gasteiger partial charge in [0, 0.05) is 4.91 Å². The van der Waals surface area contributed by atoms with Gasteiger partial charge in [-0.2, -0.15) is 0 Å². The molecule has 2 aliphatic rings. The average Bonchev–Trinajstić information content (AvgIpc) is 3.06. The summed E-state index contributed by atoms with van der Waals surface area (Å²) in [4.78, 5) is 26.0. The zero-order valence-corrected chi connectivity index (χ0v) is 16.1. The average molecular weight is 392 g/mol. The van der Waals surface area contributed by atoms with Crippen LogP contribution < -0.4 is 40.2 Å². The molecule has 2 aromatic heterocycles. The summed E-state index contributed by atoms with van der Waals surface area (Å²) in [7, 11) is -4.52. The van der Waals surface area contributed by atoms with Crippen LogP contribution >= 0.6 is 7.82 Å². The van der Waals surface area contributed by atoms with Gasteiger partial charge in [0.15, 0.2) is 23.2 Å². The molecule has 0 bridgehead atoms. The van der Waals surface area contributed by atoms with E-state index in [2.05, 4.69) is 29.5 Å². The zero-order valence-electron chi connectivity index (χ0n) is 13.2. The number of fused-ring (bicyclic) bond motifs is 2. The molecule has 3 N–H and O–H groups in total. The van der Waals surface area contributed by atoms with Gasteiger partial charge in [-0.25, -0.2) is 15.0 Å². The topological polar surface area (TPSA) is 206 Å². The van der Waals surface area contributed by atoms with E-state index in [1.807, 2.05) is 0 Å². The van der Waals surface area contributed by atoms with Crippen molar-refractivity contribution in [3.63, 3.8) is 0 Å². The van der Waals surface area contributed by atoms with Gasteiger partial charge in [-0.1, -0.05) is 0 Å². The number of anilines is 1. The molecule has 0 radical (unpaired) electrons. The summed E-state index contributed by atoms with van der Waals surface area (Å²) in [6.45, 7) is -0.320. The molecule has 0 aromatic carbocycles. The van der Waals surface area contributed by atoms with Crippen LogP contribution in [0.5, 0.6) is 0 Å². The van der Waals surface area contributed by atoms with Gasteiger partial charge >= 0.3 is 29.6 Å². The van der Waals surface area contributed by atoms with Crippen LogP contribution in [-0.4, -0.2) is 49.5 Å². The third kappa shape index (κ3) is 3.10. The summed E-state index contributed by atoms with van der Waals surface area (Å²) in [6.07, 6.45) is -3.48. The Hall–Kier alpha value is -1.31. The van der Waals surface area contributed by atoms with E-state index in [4.69, 9.17) is 20.5 Å². The first-order chi connectivity index (χ1) is 11.9. The number of aromatic nitrogens is 4. The fraction of sp³-hybridized carbons (Fsp3) is 0.500. The number of nitrogen functional groups attached to an aromatic ring is 1. The Morgan fingerprint density at radius 2 is 2.31 bits per heavy atom. The van der Waals surface area contributed by atoms with Gasteiger partial charge in [-0.3, -0.25) is 9.13 Å². The minimum Gasteiger partial charge on any atom is -0.756 e. The van der Waals surface area contributed by atoms with Crippen molar-refractivity contribution < 1.29 is 57.9 Å². The zero-order chi connectivity index (χ0) is 17.8. The normalized spacial score (nSPS) is 33.3. The van der Waals surface area contributed by atoms with Crippen LogP contribution in [0.1, 0.15) is 6.23 Å². The predicted octanol–water partition coefficient (Wildman–Crippen LogP) is -3.50. The first-order valence-corrected chi connectivity index (χ1v) is 8.38. The summed E-state index contributed by atoms with van der Waals surface area (Å²) >= 11 is 0. The second kappa shape index (κ2) is 7.02. The summed E-state index contributed by atoms with van der Waals surface area (Å²) in [5.74, 6) is -0.148. The van der Waals surface area contributed by atoms with Crippen LogP contribution in [-0.2, 0) is 18.3 Å². The van der Waals surface area contributed by atoms with Gasteiger partial charge in [0.2, 0.25) is 5.95 Å². The number of rotatable bonds is 2. The smallest absolute Gasteiger partial charge is 0.756 e. The number of azide groups is 1. The molecule has 4 rings (SSSR count). The number of aliphatic hydroxyl groups excluding tert-OH is 1. The van der Waals surface area contributed by atoms with Gasteiger partial charge in [0.25, 0.3) is 7.82 Å². The SMILES string of the molecule is [N-]=[N+]=Nc1nc2c(N)ncnc2n1[C@@H]1O[C@@H]2COP(=O)([O-])O[C@H]2[C@H]1O.[Na+]. The number of ether oxygens (including phenoxy) is 1. The van der Waals surface area contributed by atoms with Crippen LogP contribution in [0.2, 0.25) is 0 Å². The Bertz CT molecular complexity index is 949. The molecule has 0 aliphatic carbocycles. The fourth-order valence-electron chi connectivity index (χ4n) is 2.80. The van der Waals surface area contributed by atoms with E-state index in [9.17, 15) is 14.6 Å². The van der Waals surface area contributed by atoms with E-state index in [0.717, 1.165) is 6.33 Å². The van der Waals surface area contributed by atoms with Crippen molar-refractivity contribution >= 4 is 30.8 Å². The molecular formula is C10H10N8NaO6P. The maximum atomic E-state index is 11.5. The van der Waals surface area contributed by atoms with Gasteiger partial charge in [0.05, 0.1) is 6.61 Å². The summed E-state index contributed by atoms with van der Waals surface area (Å²) in [6, 6.07) is 0. The molecule has 2 fully saturated rings. The largest absolute Gasteiger partial charge is 1.00 e. The molecule has 1 unspecified atom stereocenters. The van der Waals surface area contributed by atoms with Crippen LogP contribution in [0.25, 0.3) is 21.6 Å². The second-order valence-corrected chi connectivity index (χ2v) is 6.63. The van der Waals surface area contributed by atoms with Crippen molar-refractivity contribution in [3.8, 4) is 0 Å². The van der Waals surface area contributed by atoms with E-state index in [1.54, 1.807) is 0 Å². The molecule has 2 saturated heterocycles. The van der Waals surface area contributed by atoms with E-state index >= 15 is 0 Å². The number of phosphoric acid groups is 1. The maximum Gasteiger partial charge on any atom is 1.00 e. The molecule has 2 aromatic rings. The van der Waals surface area contributed by atoms with Crippen molar-refractivity contribution in [2.24, 2.45) is 5.11 Å². The number of imidazole rings is 1. The predicted molar refractivity (Wildman–Crippen MR) is 76.9 cm³/mol. The van der Waals surface area contributed by atoms with Crippen LogP contribution in [0.3, 0.4) is 0 Å². The van der Waals surface area contributed by atoms with Gasteiger partial charge in [-0.15, -0.1) is 0 Å². The van der Waals surface area contributed by atoms with Crippen molar-refractivity contribution in [3.05, 3.63) is 16.8 Å². The Morgan fingerprint density at radius 1 is 1.54 bits per heavy atom. The summed E-state index contributed by atoms with van der Waals surface area (Å²) in [5, 5.41) is 13.9. The third-order valence-electron chi connectivity index (χ3n) is 3.83. The number of aliphatic hydroxyl groups is 1. The van der Waals surface area contributed by atoms with Gasteiger partial charge in [0.1, 0.15) is 24.6 Å². The molecule has 16 heteroatoms. The van der Waals surface area contributed by atoms with Gasteiger partial charge in [-0.05, 0) is 10.6 Å². The first kappa shape index (κ1) is 19.5. The molecule has 0 spiro atoms. The molecule has 2 aliphatic heterocycles. The molecule has 5 atom stereocenters. The molecule has 4 heterocycles. The Kier molecular flexibility index (Phi) is 5.25. The van der Waals surface area contributed by atoms with Crippen molar-refractivity contribution in [1.29, 1.82) is 0 Å². The quantitative estimate of drug-likeness (QED) is 0.169. The maximum absolute atomic E-state index is 11.5. The molecule has 0 amide bonds. The van der Waals surface area contributed by atoms with E-state index < -0.39 is 32.4 Å². The van der Waals surface area contributed by atoms with E-state index in [-0.39, 0.29) is 59.1 Å². The summed E-state index contributed by atoms with van der Waals surface area (Å²) < 4.78 is 27.6. The minimum absolute atomic E-state index is 0. The molecule has 132 valence electrons. The Balaban J connectivity index is 0.00000196. The van der Waals surface area contributed by atoms with Crippen molar-refractivity contribution in [2.45, 2.75) is 24.5 Å². The first-order valence-electron chi connectivity index (χ1n) is 6.92. The number of nitrogens with two attached hydrogens (primary N) is 1. The Labute approximate surface area is 166 Å². The molecule has 14 nitrogen and oxygen atoms in total. The summed E-state index contributed by atoms with van der Waals surface area (Å²) in [5.41, 5.74) is 14.7. The van der Waals surface area contributed by atoms with Crippen molar-refractivity contribution in [1.82, 2.24) is 19.5 Å². The Morgan fingerprint density at radius 3 is 3.04 bits per heavy atom. The third-order valence-corrected chi connectivity index (χ3v) is 4.80. The van der Waals surface area contributed by atoms with Gasteiger partial charge < -0.3 is 29.5 Å². The van der Waals surface area contributed by atoms with Crippen LogP contribution in [0.4, 0.5) is 11.8 Å². The number of phosphoric ester groups is 1. The number of nitrogens with zero attached hydrogens (tertiary/aromatic N) is 7. The van der Waals surface area contributed by atoms with E-state index in [1.165, 1.54) is 4.57 Å². The van der Waals surface area contributed by atoms with Crippen LogP contribution in [0, 0.1) is 0 Å². The monoisotopic (exact) mass is 392 g/mol. The molecule has 26 heavy (non-hydrogen) atoms. The van der Waals surface area contributed by atoms with Crippen LogP contribution in [0.15, 0.2) is 11.4 Å². The number of hydrogen-bond acceptors (Lipinski definition) is 11. The fourth-order valence-corrected chi connectivity index (χ4v) is 3.75.